The standard InChI is InChI=1S/C17H18ClN3/c18-15-3-1-2-13(5-15)14-6-17(9-19-8-14)21-10-12-4-16(11-21)20-7-12/h1-3,5-6,8-9,12,16,20H,4,7,10-11H2. The summed E-state index contributed by atoms with van der Waals surface area (Å²) >= 11 is 6.09. The van der Waals surface area contributed by atoms with E-state index in [0.717, 1.165) is 41.7 Å². The number of fused-ring (bicyclic) bond motifs is 2. The number of hydrogen-bond donors (Lipinski definition) is 1. The molecule has 4 heteroatoms. The maximum absolute atomic E-state index is 6.09. The summed E-state index contributed by atoms with van der Waals surface area (Å²) in [4.78, 5) is 6.89. The molecule has 0 radical (unpaired) electrons. The summed E-state index contributed by atoms with van der Waals surface area (Å²) < 4.78 is 0. The molecule has 0 saturated carbocycles. The van der Waals surface area contributed by atoms with Crippen LogP contribution in [-0.4, -0.2) is 30.7 Å². The molecule has 2 aliphatic rings. The van der Waals surface area contributed by atoms with Crippen LogP contribution in [0.5, 0.6) is 0 Å². The Bertz CT molecular complexity index is 646. The van der Waals surface area contributed by atoms with Gasteiger partial charge in [-0.2, -0.15) is 0 Å². The van der Waals surface area contributed by atoms with E-state index < -0.39 is 0 Å². The summed E-state index contributed by atoms with van der Waals surface area (Å²) in [5, 5.41) is 4.35. The number of rotatable bonds is 2. The Kier molecular flexibility index (Phi) is 3.32. The lowest BCUT2D eigenvalue weighted by Crippen LogP contribution is -2.41. The second-order valence-corrected chi connectivity index (χ2v) is 6.49. The van der Waals surface area contributed by atoms with E-state index in [2.05, 4.69) is 27.3 Å². The summed E-state index contributed by atoms with van der Waals surface area (Å²) in [5.41, 5.74) is 3.46. The molecule has 4 rings (SSSR count). The van der Waals surface area contributed by atoms with Crippen LogP contribution in [0.15, 0.2) is 42.7 Å². The largest absolute Gasteiger partial charge is 0.368 e. The third-order valence-electron chi connectivity index (χ3n) is 4.48. The zero-order chi connectivity index (χ0) is 14.2. The topological polar surface area (TPSA) is 28.2 Å². The molecule has 3 heterocycles. The third kappa shape index (κ3) is 2.63. The maximum atomic E-state index is 6.09. The van der Waals surface area contributed by atoms with Crippen molar-refractivity contribution in [3.8, 4) is 11.1 Å². The first kappa shape index (κ1) is 13.1. The van der Waals surface area contributed by atoms with Crippen LogP contribution in [0.25, 0.3) is 11.1 Å². The molecule has 2 bridgehead atoms. The van der Waals surface area contributed by atoms with Crippen LogP contribution >= 0.6 is 11.6 Å². The highest BCUT2D eigenvalue weighted by Gasteiger charge is 2.32. The molecule has 21 heavy (non-hydrogen) atoms. The minimum Gasteiger partial charge on any atom is -0.368 e. The number of nitrogens with one attached hydrogen (secondary N) is 1. The van der Waals surface area contributed by atoms with E-state index in [9.17, 15) is 0 Å². The number of aromatic nitrogens is 1. The first-order chi connectivity index (χ1) is 10.3. The second-order valence-electron chi connectivity index (χ2n) is 6.05. The Hall–Kier alpha value is -1.58. The Labute approximate surface area is 129 Å². The Morgan fingerprint density at radius 3 is 2.95 bits per heavy atom. The molecule has 2 aromatic rings. The highest BCUT2D eigenvalue weighted by atomic mass is 35.5. The molecular weight excluding hydrogens is 282 g/mol. The van der Waals surface area contributed by atoms with E-state index in [1.54, 1.807) is 0 Å². The molecule has 1 N–H and O–H groups in total. The van der Waals surface area contributed by atoms with Gasteiger partial charge < -0.3 is 10.2 Å². The monoisotopic (exact) mass is 299 g/mol. The number of benzene rings is 1. The molecule has 2 atom stereocenters. The lowest BCUT2D eigenvalue weighted by molar-refractivity contribution is 0.474. The van der Waals surface area contributed by atoms with Gasteiger partial charge in [-0.15, -0.1) is 0 Å². The highest BCUT2D eigenvalue weighted by Crippen LogP contribution is 2.30. The van der Waals surface area contributed by atoms with Gasteiger partial charge in [-0.05, 0) is 36.1 Å². The number of anilines is 1. The van der Waals surface area contributed by atoms with E-state index in [1.807, 2.05) is 30.6 Å². The second kappa shape index (κ2) is 5.32. The molecule has 1 aromatic carbocycles. The third-order valence-corrected chi connectivity index (χ3v) is 4.71. The Balaban J connectivity index is 1.64. The molecule has 108 valence electrons. The van der Waals surface area contributed by atoms with Crippen LogP contribution in [0.2, 0.25) is 5.02 Å². The van der Waals surface area contributed by atoms with E-state index >= 15 is 0 Å². The van der Waals surface area contributed by atoms with Crippen molar-refractivity contribution in [1.29, 1.82) is 0 Å². The summed E-state index contributed by atoms with van der Waals surface area (Å²) in [6, 6.07) is 10.8. The van der Waals surface area contributed by atoms with Crippen LogP contribution in [-0.2, 0) is 0 Å². The fourth-order valence-corrected chi connectivity index (χ4v) is 3.66. The Morgan fingerprint density at radius 1 is 1.14 bits per heavy atom. The predicted octanol–water partition coefficient (Wildman–Crippen LogP) is 3.20. The van der Waals surface area contributed by atoms with Crippen LogP contribution in [0, 0.1) is 5.92 Å². The van der Waals surface area contributed by atoms with Gasteiger partial charge in [0.2, 0.25) is 0 Å². The van der Waals surface area contributed by atoms with Gasteiger partial charge in [0.05, 0.1) is 11.9 Å². The van der Waals surface area contributed by atoms with Crippen molar-refractivity contribution in [2.45, 2.75) is 12.5 Å². The summed E-state index contributed by atoms with van der Waals surface area (Å²) in [6.45, 7) is 3.37. The molecule has 0 aliphatic carbocycles. The molecule has 3 nitrogen and oxygen atoms in total. The molecule has 2 fully saturated rings. The Morgan fingerprint density at radius 2 is 2.10 bits per heavy atom. The van der Waals surface area contributed by atoms with Crippen molar-refractivity contribution in [1.82, 2.24) is 10.3 Å². The number of pyridine rings is 1. The SMILES string of the molecule is Clc1cccc(-c2cncc(N3CC4CNC(C4)C3)c2)c1. The first-order valence-electron chi connectivity index (χ1n) is 7.47. The molecule has 0 amide bonds. The fourth-order valence-electron chi connectivity index (χ4n) is 3.47. The molecule has 2 unspecified atom stereocenters. The van der Waals surface area contributed by atoms with E-state index in [0.29, 0.717) is 6.04 Å². The fraction of sp³-hybridized carbons (Fsp3) is 0.353. The quantitative estimate of drug-likeness (QED) is 0.923. The van der Waals surface area contributed by atoms with Crippen molar-refractivity contribution < 1.29 is 0 Å². The molecule has 2 saturated heterocycles. The lowest BCUT2D eigenvalue weighted by Gasteiger charge is -2.32. The van der Waals surface area contributed by atoms with Crippen LogP contribution in [0.3, 0.4) is 0 Å². The van der Waals surface area contributed by atoms with Gasteiger partial charge in [-0.3, -0.25) is 4.98 Å². The van der Waals surface area contributed by atoms with E-state index in [4.69, 9.17) is 11.6 Å². The van der Waals surface area contributed by atoms with Crippen molar-refractivity contribution in [3.05, 3.63) is 47.7 Å². The first-order valence-corrected chi connectivity index (χ1v) is 7.85. The average Bonchev–Trinajstić information content (AvgIpc) is 2.86. The summed E-state index contributed by atoms with van der Waals surface area (Å²) in [6.07, 6.45) is 5.20. The molecule has 1 aromatic heterocycles. The van der Waals surface area contributed by atoms with Crippen molar-refractivity contribution in [3.63, 3.8) is 0 Å². The normalized spacial score (nSPS) is 24.3. The van der Waals surface area contributed by atoms with Crippen LogP contribution < -0.4 is 10.2 Å². The van der Waals surface area contributed by atoms with Gasteiger partial charge >= 0.3 is 0 Å². The lowest BCUT2D eigenvalue weighted by atomic mass is 9.99. The maximum Gasteiger partial charge on any atom is 0.0559 e. The molecule has 0 spiro atoms. The van der Waals surface area contributed by atoms with Gasteiger partial charge in [-0.1, -0.05) is 23.7 Å². The number of piperidine rings is 1. The van der Waals surface area contributed by atoms with Gasteiger partial charge in [0.15, 0.2) is 0 Å². The van der Waals surface area contributed by atoms with Gasteiger partial charge in [0, 0.05) is 42.5 Å². The van der Waals surface area contributed by atoms with Crippen molar-refractivity contribution in [2.24, 2.45) is 5.92 Å². The highest BCUT2D eigenvalue weighted by molar-refractivity contribution is 6.30. The van der Waals surface area contributed by atoms with Crippen molar-refractivity contribution in [2.75, 3.05) is 24.5 Å². The predicted molar refractivity (Wildman–Crippen MR) is 86.8 cm³/mol. The summed E-state index contributed by atoms with van der Waals surface area (Å²) in [5.74, 6) is 0.776. The van der Waals surface area contributed by atoms with Crippen LogP contribution in [0.4, 0.5) is 5.69 Å². The number of halogens is 1. The van der Waals surface area contributed by atoms with Gasteiger partial charge in [0.25, 0.3) is 0 Å². The van der Waals surface area contributed by atoms with E-state index in [-0.39, 0.29) is 0 Å². The van der Waals surface area contributed by atoms with Crippen LogP contribution in [0.1, 0.15) is 6.42 Å². The minimum absolute atomic E-state index is 0.638. The zero-order valence-electron chi connectivity index (χ0n) is 11.8. The average molecular weight is 300 g/mol. The van der Waals surface area contributed by atoms with Gasteiger partial charge in [0.1, 0.15) is 0 Å². The molecular formula is C17H18ClN3. The van der Waals surface area contributed by atoms with Gasteiger partial charge in [-0.25, -0.2) is 0 Å². The van der Waals surface area contributed by atoms with E-state index in [1.165, 1.54) is 12.1 Å². The smallest absolute Gasteiger partial charge is 0.0559 e. The molecule has 2 aliphatic heterocycles. The number of hydrogen-bond acceptors (Lipinski definition) is 3. The minimum atomic E-state index is 0.638. The summed E-state index contributed by atoms with van der Waals surface area (Å²) in [7, 11) is 0. The number of nitrogens with zero attached hydrogens (tertiary/aromatic N) is 2. The van der Waals surface area contributed by atoms with Crippen molar-refractivity contribution >= 4 is 17.3 Å². The zero-order valence-corrected chi connectivity index (χ0v) is 12.6.